The van der Waals surface area contributed by atoms with E-state index in [1.54, 1.807) is 11.6 Å². The van der Waals surface area contributed by atoms with Crippen molar-refractivity contribution in [3.63, 3.8) is 0 Å². The molecule has 6 nitrogen and oxygen atoms in total. The molecule has 6 aliphatic carbocycles. The number of hydrogen-bond donors (Lipinski definition) is 3. The second-order valence-electron chi connectivity index (χ2n) is 19.7. The van der Waals surface area contributed by atoms with Crippen LogP contribution < -0.4 is 4.74 Å². The van der Waals surface area contributed by atoms with E-state index in [1.807, 2.05) is 12.1 Å². The van der Waals surface area contributed by atoms with E-state index in [1.165, 1.54) is 57.8 Å². The van der Waals surface area contributed by atoms with Crippen molar-refractivity contribution in [1.82, 2.24) is 4.90 Å². The normalized spacial score (nSPS) is 43.2. The molecule has 1 aromatic rings. The number of likely N-dealkylation sites (tertiary alicyclic amines) is 1. The number of phenolic OH excluding ortho intramolecular Hbond substituents is 1. The highest BCUT2D eigenvalue weighted by Crippen LogP contribution is 2.68. The van der Waals surface area contributed by atoms with Crippen LogP contribution in [0.5, 0.6) is 11.5 Å². The van der Waals surface area contributed by atoms with Crippen LogP contribution in [-0.2, 0) is 16.6 Å². The summed E-state index contributed by atoms with van der Waals surface area (Å²) >= 11 is 0. The molecule has 0 amide bonds. The molecule has 3 N–H and O–H groups in total. The van der Waals surface area contributed by atoms with Crippen LogP contribution in [0.15, 0.2) is 36.4 Å². The van der Waals surface area contributed by atoms with Gasteiger partial charge in [-0.1, -0.05) is 77.7 Å². The summed E-state index contributed by atoms with van der Waals surface area (Å²) in [4.78, 5) is 14.9. The van der Waals surface area contributed by atoms with Crippen molar-refractivity contribution in [3.8, 4) is 11.5 Å². The number of allylic oxidation sites excluding steroid dienone is 1. The van der Waals surface area contributed by atoms with Crippen LogP contribution in [0, 0.1) is 46.3 Å². The molecular formula is C46H67NO5. The fourth-order valence-electron chi connectivity index (χ4n) is 14.5. The maximum atomic E-state index is 12.6. The van der Waals surface area contributed by atoms with E-state index in [2.05, 4.69) is 52.2 Å². The fraction of sp³-hybridized carbons (Fsp3) is 0.761. The summed E-state index contributed by atoms with van der Waals surface area (Å²) in [5.74, 6) is 5.99. The number of nitrogens with zero attached hydrogens (tertiary/aromatic N) is 1. The lowest BCUT2D eigenvalue weighted by atomic mass is 9.47. The molecule has 1 spiro atoms. The maximum absolute atomic E-state index is 12.6. The molecule has 0 radical (unpaired) electrons. The number of benzene rings is 1. The van der Waals surface area contributed by atoms with E-state index >= 15 is 0 Å². The van der Waals surface area contributed by atoms with Crippen LogP contribution in [0.2, 0.25) is 0 Å². The Hall–Kier alpha value is -2.15. The number of ketones is 1. The molecule has 2 heterocycles. The molecule has 1 saturated heterocycles. The Kier molecular flexibility index (Phi) is 9.38. The van der Waals surface area contributed by atoms with E-state index in [9.17, 15) is 20.1 Å². The minimum Gasteiger partial charge on any atom is -0.504 e. The molecule has 4 saturated carbocycles. The van der Waals surface area contributed by atoms with Gasteiger partial charge in [-0.15, -0.1) is 6.58 Å². The Bertz CT molecular complexity index is 1600. The van der Waals surface area contributed by atoms with Gasteiger partial charge in [-0.05, 0) is 129 Å². The van der Waals surface area contributed by atoms with Gasteiger partial charge in [0.15, 0.2) is 23.4 Å². The summed E-state index contributed by atoms with van der Waals surface area (Å²) < 4.78 is 5.98. The molecule has 9 rings (SSSR count). The molecule has 12 atom stereocenters. The first-order valence-electron chi connectivity index (χ1n) is 21.3. The number of phenols is 1. The first kappa shape index (κ1) is 36.8. The lowest BCUT2D eigenvalue weighted by Crippen LogP contribution is -2.76. The second kappa shape index (κ2) is 13.3. The van der Waals surface area contributed by atoms with Gasteiger partial charge in [0.25, 0.3) is 0 Å². The summed E-state index contributed by atoms with van der Waals surface area (Å²) in [5, 5.41) is 32.3. The van der Waals surface area contributed by atoms with Crippen molar-refractivity contribution in [1.29, 1.82) is 0 Å². The summed E-state index contributed by atoms with van der Waals surface area (Å²) in [6, 6.07) is 3.52. The zero-order chi connectivity index (χ0) is 36.8. The molecule has 1 aromatic carbocycles. The molecular weight excluding hydrogens is 647 g/mol. The van der Waals surface area contributed by atoms with Crippen molar-refractivity contribution >= 4 is 5.78 Å². The average Bonchev–Trinajstić information content (AvgIpc) is 3.65. The first-order chi connectivity index (χ1) is 24.8. The maximum Gasteiger partial charge on any atom is 0.174 e. The number of carbonyl (C=O) groups excluding carboxylic acids is 1. The van der Waals surface area contributed by atoms with Gasteiger partial charge >= 0.3 is 0 Å². The number of ether oxygens (including phenoxy) is 1. The first-order valence-corrected chi connectivity index (χ1v) is 21.3. The zero-order valence-corrected chi connectivity index (χ0v) is 32.8. The van der Waals surface area contributed by atoms with Crippen molar-refractivity contribution in [2.24, 2.45) is 46.3 Å². The molecule has 286 valence electrons. The van der Waals surface area contributed by atoms with Gasteiger partial charge in [0, 0.05) is 31.1 Å². The molecule has 0 unspecified atom stereocenters. The Labute approximate surface area is 313 Å². The molecule has 6 heteroatoms. The number of aliphatic hydroxyl groups excluding tert-OH is 1. The van der Waals surface area contributed by atoms with Gasteiger partial charge in [-0.3, -0.25) is 9.69 Å². The van der Waals surface area contributed by atoms with E-state index < -0.39 is 17.1 Å². The predicted octanol–water partition coefficient (Wildman–Crippen LogP) is 8.69. The number of piperidine rings is 1. The molecule has 0 aromatic heterocycles. The smallest absolute Gasteiger partial charge is 0.174 e. The third kappa shape index (κ3) is 5.29. The summed E-state index contributed by atoms with van der Waals surface area (Å²) in [5.41, 5.74) is 2.86. The van der Waals surface area contributed by atoms with Crippen LogP contribution in [0.1, 0.15) is 136 Å². The number of carbonyl (C=O) groups is 1. The Morgan fingerprint density at radius 1 is 1.02 bits per heavy atom. The molecule has 2 aliphatic heterocycles. The van der Waals surface area contributed by atoms with Gasteiger partial charge < -0.3 is 20.1 Å². The molecule has 5 fully saturated rings. The van der Waals surface area contributed by atoms with Crippen LogP contribution in [0.3, 0.4) is 0 Å². The van der Waals surface area contributed by atoms with Crippen LogP contribution in [0.25, 0.3) is 0 Å². The topological polar surface area (TPSA) is 90.2 Å². The van der Waals surface area contributed by atoms with Gasteiger partial charge in [0.1, 0.15) is 0 Å². The summed E-state index contributed by atoms with van der Waals surface area (Å²) in [7, 11) is 0. The molecule has 2 bridgehead atoms. The number of rotatable bonds is 7. The van der Waals surface area contributed by atoms with Crippen LogP contribution >= 0.6 is 0 Å². The number of hydrogen-bond acceptors (Lipinski definition) is 6. The predicted molar refractivity (Wildman–Crippen MR) is 206 cm³/mol. The zero-order valence-electron chi connectivity index (χ0n) is 32.8. The van der Waals surface area contributed by atoms with Gasteiger partial charge in [0.2, 0.25) is 0 Å². The quantitative estimate of drug-likeness (QED) is 0.245. The summed E-state index contributed by atoms with van der Waals surface area (Å²) in [6.45, 7) is 17.9. The van der Waals surface area contributed by atoms with Crippen molar-refractivity contribution in [2.45, 2.75) is 160 Å². The minimum atomic E-state index is -1.00. The Balaban J connectivity index is 0.000000150. The highest BCUT2D eigenvalue weighted by Gasteiger charge is 2.73. The Morgan fingerprint density at radius 2 is 1.83 bits per heavy atom. The lowest BCUT2D eigenvalue weighted by Gasteiger charge is -2.62. The van der Waals surface area contributed by atoms with E-state index in [0.29, 0.717) is 42.3 Å². The number of aromatic hydroxyl groups is 1. The van der Waals surface area contributed by atoms with E-state index in [-0.39, 0.29) is 23.7 Å². The van der Waals surface area contributed by atoms with E-state index in [0.717, 1.165) is 72.6 Å². The second-order valence-corrected chi connectivity index (χ2v) is 19.7. The van der Waals surface area contributed by atoms with E-state index in [4.69, 9.17) is 4.74 Å². The van der Waals surface area contributed by atoms with Gasteiger partial charge in [0.05, 0.1) is 17.1 Å². The Morgan fingerprint density at radius 3 is 2.60 bits per heavy atom. The summed E-state index contributed by atoms with van der Waals surface area (Å²) in [6.07, 6.45) is 20.5. The molecule has 52 heavy (non-hydrogen) atoms. The fourth-order valence-corrected chi connectivity index (χ4v) is 14.5. The van der Waals surface area contributed by atoms with Gasteiger partial charge in [-0.2, -0.15) is 0 Å². The SMILES string of the molecule is C=CCN1CC[C@]23c4c5ccc(O)c4O[C@H]2C(=O)CC[C@@]3(O)[C@H]1C5.CC(C)CCC[C@@H](C)[C@H]1CC[C@H]2[C@@H]3CC=C4C[C@@H](O)CC[C@]4(C)[C@H]3CC[C@]12C. The largest absolute Gasteiger partial charge is 0.504 e. The lowest BCUT2D eigenvalue weighted by molar-refractivity contribution is -0.187. The van der Waals surface area contributed by atoms with Crippen LogP contribution in [-0.4, -0.2) is 62.9 Å². The van der Waals surface area contributed by atoms with Gasteiger partial charge in [-0.25, -0.2) is 0 Å². The number of aliphatic hydroxyl groups is 2. The van der Waals surface area contributed by atoms with Crippen molar-refractivity contribution < 1.29 is 24.9 Å². The van der Waals surface area contributed by atoms with Crippen molar-refractivity contribution in [2.75, 3.05) is 13.1 Å². The standard InChI is InChI=1S/C27H46O.C19H21NO4/c1-18(2)7-6-8-19(3)23-11-12-24-22-10-9-20-17-21(28)13-15-26(20,4)25(22)14-16-27(23,24)5;1-2-8-20-9-7-18-15-11-3-4-12(21)16(15)24-17(18)13(22)5-6-19(18,23)14(20)10-11/h9,18-19,21-25,28H,6-8,10-17H2,1-5H3;2-4,14,17,21,23H,1,5-10H2/t19-,21+,22+,23-,24+,25+,26+,27-;14-,17+,18+,19-/m11/s1. The third-order valence-electron chi connectivity index (χ3n) is 17.0. The van der Waals surface area contributed by atoms with Crippen molar-refractivity contribution in [3.05, 3.63) is 47.6 Å². The highest BCUT2D eigenvalue weighted by atomic mass is 16.5. The third-order valence-corrected chi connectivity index (χ3v) is 17.0. The number of Topliss-reactive ketones (excluding diaryl/α,β-unsaturated/α-hetero) is 1. The highest BCUT2D eigenvalue weighted by molar-refractivity contribution is 5.90. The monoisotopic (exact) mass is 714 g/mol. The minimum absolute atomic E-state index is 0.0408. The average molecular weight is 714 g/mol. The molecule has 8 aliphatic rings. The van der Waals surface area contributed by atoms with Crippen LogP contribution in [0.4, 0.5) is 0 Å². The number of fused-ring (bicyclic) bond motifs is 5.